The maximum atomic E-state index is 5.94. The van der Waals surface area contributed by atoms with Crippen LogP contribution in [0.25, 0.3) is 0 Å². The van der Waals surface area contributed by atoms with Crippen LogP contribution >= 0.6 is 0 Å². The number of nitrogens with one attached hydrogen (secondary N) is 1. The average molecular weight is 370 g/mol. The Kier molecular flexibility index (Phi) is 6.93. The lowest BCUT2D eigenvalue weighted by Gasteiger charge is -2.21. The highest BCUT2D eigenvalue weighted by Gasteiger charge is 2.25. The first-order valence-corrected chi connectivity index (χ1v) is 9.86. The number of benzene rings is 1. The van der Waals surface area contributed by atoms with Gasteiger partial charge in [0, 0.05) is 31.1 Å². The van der Waals surface area contributed by atoms with E-state index in [0.29, 0.717) is 19.1 Å². The molecule has 1 fully saturated rings. The smallest absolute Gasteiger partial charge is 0.194 e. The minimum Gasteiger partial charge on any atom is -0.466 e. The van der Waals surface area contributed by atoms with Gasteiger partial charge in [-0.25, -0.2) is 4.99 Å². The highest BCUT2D eigenvalue weighted by atomic mass is 16.5. The van der Waals surface area contributed by atoms with E-state index in [0.717, 1.165) is 55.7 Å². The van der Waals surface area contributed by atoms with Crippen molar-refractivity contribution in [2.24, 2.45) is 10.9 Å². The van der Waals surface area contributed by atoms with Gasteiger partial charge in [0.05, 0.1) is 19.8 Å². The molecule has 5 nitrogen and oxygen atoms in total. The normalized spacial score (nSPS) is 17.5. The molecular weight excluding hydrogens is 338 g/mol. The largest absolute Gasteiger partial charge is 0.466 e. The lowest BCUT2D eigenvalue weighted by Crippen LogP contribution is -2.40. The molecule has 27 heavy (non-hydrogen) atoms. The van der Waals surface area contributed by atoms with Crippen LogP contribution in [0.5, 0.6) is 0 Å². The van der Waals surface area contributed by atoms with Crippen LogP contribution in [0.2, 0.25) is 0 Å². The second-order valence-corrected chi connectivity index (χ2v) is 7.21. The molecule has 1 aromatic heterocycles. The topological polar surface area (TPSA) is 50.0 Å². The fourth-order valence-electron chi connectivity index (χ4n) is 3.51. The Hall–Kier alpha value is -2.27. The predicted octanol–water partition coefficient (Wildman–Crippen LogP) is 3.90. The van der Waals surface area contributed by atoms with E-state index in [1.54, 1.807) is 0 Å². The highest BCUT2D eigenvalue weighted by molar-refractivity contribution is 5.80. The van der Waals surface area contributed by atoms with Crippen LogP contribution in [0.1, 0.15) is 36.0 Å². The fraction of sp³-hybridized carbons (Fsp3) is 0.500. The van der Waals surface area contributed by atoms with Crippen LogP contribution in [0, 0.1) is 19.8 Å². The van der Waals surface area contributed by atoms with Gasteiger partial charge in [-0.15, -0.1) is 0 Å². The SMILES string of the molecule is CCNC(=NCc1cc(C)oc1C)N1CCC(COCc2ccccc2)C1. The van der Waals surface area contributed by atoms with Crippen molar-refractivity contribution >= 4 is 5.96 Å². The number of aryl methyl sites for hydroxylation is 2. The van der Waals surface area contributed by atoms with Gasteiger partial charge in [-0.3, -0.25) is 0 Å². The van der Waals surface area contributed by atoms with Crippen LogP contribution < -0.4 is 5.32 Å². The van der Waals surface area contributed by atoms with Crippen molar-refractivity contribution < 1.29 is 9.15 Å². The van der Waals surface area contributed by atoms with Crippen molar-refractivity contribution in [3.05, 3.63) is 59.0 Å². The summed E-state index contributed by atoms with van der Waals surface area (Å²) < 4.78 is 11.6. The van der Waals surface area contributed by atoms with Gasteiger partial charge in [0.2, 0.25) is 0 Å². The Balaban J connectivity index is 1.51. The van der Waals surface area contributed by atoms with E-state index in [1.807, 2.05) is 19.9 Å². The zero-order valence-electron chi connectivity index (χ0n) is 16.7. The Labute approximate surface area is 162 Å². The molecular formula is C22H31N3O2. The molecule has 2 aromatic rings. The van der Waals surface area contributed by atoms with E-state index < -0.39 is 0 Å². The lowest BCUT2D eigenvalue weighted by molar-refractivity contribution is 0.0906. The summed E-state index contributed by atoms with van der Waals surface area (Å²) in [4.78, 5) is 7.18. The number of guanidine groups is 1. The molecule has 1 aliphatic heterocycles. The molecule has 146 valence electrons. The monoisotopic (exact) mass is 369 g/mol. The first kappa shape index (κ1) is 19.5. The molecule has 1 atom stereocenters. The summed E-state index contributed by atoms with van der Waals surface area (Å²) >= 11 is 0. The number of rotatable bonds is 7. The van der Waals surface area contributed by atoms with Crippen molar-refractivity contribution in [1.82, 2.24) is 10.2 Å². The number of hydrogen-bond acceptors (Lipinski definition) is 3. The fourth-order valence-corrected chi connectivity index (χ4v) is 3.51. The van der Waals surface area contributed by atoms with Crippen LogP contribution in [0.4, 0.5) is 0 Å². The molecule has 0 amide bonds. The van der Waals surface area contributed by atoms with Crippen molar-refractivity contribution in [1.29, 1.82) is 0 Å². The summed E-state index contributed by atoms with van der Waals surface area (Å²) in [5.41, 5.74) is 2.39. The van der Waals surface area contributed by atoms with E-state index in [9.17, 15) is 0 Å². The van der Waals surface area contributed by atoms with Crippen molar-refractivity contribution in [3.63, 3.8) is 0 Å². The number of furan rings is 1. The zero-order chi connectivity index (χ0) is 19.1. The lowest BCUT2D eigenvalue weighted by atomic mass is 10.1. The Bertz CT molecular complexity index is 739. The van der Waals surface area contributed by atoms with Gasteiger partial charge in [-0.1, -0.05) is 30.3 Å². The van der Waals surface area contributed by atoms with Crippen molar-refractivity contribution in [3.8, 4) is 0 Å². The Morgan fingerprint density at radius 2 is 2.11 bits per heavy atom. The molecule has 5 heteroatoms. The molecule has 0 bridgehead atoms. The van der Waals surface area contributed by atoms with Gasteiger partial charge < -0.3 is 19.4 Å². The third-order valence-corrected chi connectivity index (χ3v) is 4.93. The summed E-state index contributed by atoms with van der Waals surface area (Å²) in [6, 6.07) is 12.4. The van der Waals surface area contributed by atoms with E-state index in [1.165, 1.54) is 5.56 Å². The summed E-state index contributed by atoms with van der Waals surface area (Å²) in [6.45, 7) is 11.1. The third kappa shape index (κ3) is 5.60. The van der Waals surface area contributed by atoms with Gasteiger partial charge in [0.15, 0.2) is 5.96 Å². The molecule has 0 spiro atoms. The minimum absolute atomic E-state index is 0.551. The quantitative estimate of drug-likeness (QED) is 0.594. The second kappa shape index (κ2) is 9.60. The number of likely N-dealkylation sites (tertiary alicyclic amines) is 1. The molecule has 1 N–H and O–H groups in total. The molecule has 1 aromatic carbocycles. The molecule has 1 unspecified atom stereocenters. The van der Waals surface area contributed by atoms with Gasteiger partial charge >= 0.3 is 0 Å². The molecule has 0 saturated carbocycles. The summed E-state index contributed by atoms with van der Waals surface area (Å²) in [5.74, 6) is 3.44. The summed E-state index contributed by atoms with van der Waals surface area (Å²) in [7, 11) is 0. The molecule has 1 aliphatic rings. The van der Waals surface area contributed by atoms with Crippen LogP contribution in [0.3, 0.4) is 0 Å². The van der Waals surface area contributed by atoms with Crippen LogP contribution in [-0.2, 0) is 17.9 Å². The summed E-state index contributed by atoms with van der Waals surface area (Å²) in [6.07, 6.45) is 1.14. The van der Waals surface area contributed by atoms with E-state index in [2.05, 4.69) is 47.5 Å². The molecule has 0 aliphatic carbocycles. The van der Waals surface area contributed by atoms with Crippen LogP contribution in [-0.4, -0.2) is 37.1 Å². The number of aliphatic imine (C=N–C) groups is 1. The van der Waals surface area contributed by atoms with Crippen molar-refractivity contribution in [2.75, 3.05) is 26.2 Å². The van der Waals surface area contributed by atoms with Crippen molar-refractivity contribution in [2.45, 2.75) is 40.3 Å². The average Bonchev–Trinajstić information content (AvgIpc) is 3.25. The van der Waals surface area contributed by atoms with E-state index >= 15 is 0 Å². The summed E-state index contributed by atoms with van der Waals surface area (Å²) in [5, 5.41) is 3.43. The minimum atomic E-state index is 0.551. The Morgan fingerprint density at radius 1 is 1.30 bits per heavy atom. The van der Waals surface area contributed by atoms with Gasteiger partial charge in [-0.2, -0.15) is 0 Å². The number of nitrogens with zero attached hydrogens (tertiary/aromatic N) is 2. The van der Waals surface area contributed by atoms with Crippen LogP contribution in [0.15, 0.2) is 45.8 Å². The van der Waals surface area contributed by atoms with Gasteiger partial charge in [-0.05, 0) is 38.8 Å². The van der Waals surface area contributed by atoms with E-state index in [-0.39, 0.29) is 0 Å². The molecule has 3 rings (SSSR count). The number of hydrogen-bond donors (Lipinski definition) is 1. The Morgan fingerprint density at radius 3 is 2.81 bits per heavy atom. The van der Waals surface area contributed by atoms with Gasteiger partial charge in [0.25, 0.3) is 0 Å². The standard InChI is InChI=1S/C22H31N3O2/c1-4-23-22(24-13-21-12-17(2)27-18(21)3)25-11-10-20(14-25)16-26-15-19-8-6-5-7-9-19/h5-9,12,20H,4,10-11,13-16H2,1-3H3,(H,23,24). The number of ether oxygens (including phenoxy) is 1. The first-order valence-electron chi connectivity index (χ1n) is 9.86. The maximum Gasteiger partial charge on any atom is 0.194 e. The molecule has 0 radical (unpaired) electrons. The maximum absolute atomic E-state index is 5.94. The van der Waals surface area contributed by atoms with E-state index in [4.69, 9.17) is 14.1 Å². The molecule has 1 saturated heterocycles. The zero-order valence-corrected chi connectivity index (χ0v) is 16.7. The third-order valence-electron chi connectivity index (χ3n) is 4.93. The second-order valence-electron chi connectivity index (χ2n) is 7.21. The first-order chi connectivity index (χ1) is 13.2. The van der Waals surface area contributed by atoms with Gasteiger partial charge in [0.1, 0.15) is 11.5 Å². The molecule has 2 heterocycles. The highest BCUT2D eigenvalue weighted by Crippen LogP contribution is 2.19. The predicted molar refractivity (Wildman–Crippen MR) is 109 cm³/mol.